The van der Waals surface area contributed by atoms with E-state index in [1.54, 1.807) is 12.1 Å². The van der Waals surface area contributed by atoms with Crippen LogP contribution in [0.15, 0.2) is 42.5 Å². The molecule has 0 fully saturated rings. The Hall–Kier alpha value is -1.42. The normalized spacial score (nSPS) is 12.2. The van der Waals surface area contributed by atoms with Crippen molar-refractivity contribution in [2.45, 2.75) is 6.10 Å². The van der Waals surface area contributed by atoms with Crippen LogP contribution < -0.4 is 11.1 Å². The van der Waals surface area contributed by atoms with E-state index < -0.39 is 6.10 Å². The number of anilines is 2. The SMILES string of the molecule is Nc1cc(Cl)c(NCC(O)c2ccccc2)c(Cl)c1. The van der Waals surface area contributed by atoms with E-state index in [1.807, 2.05) is 30.3 Å². The monoisotopic (exact) mass is 296 g/mol. The molecule has 19 heavy (non-hydrogen) atoms. The van der Waals surface area contributed by atoms with Crippen molar-refractivity contribution in [3.05, 3.63) is 58.1 Å². The van der Waals surface area contributed by atoms with Crippen LogP contribution in [0.4, 0.5) is 11.4 Å². The van der Waals surface area contributed by atoms with E-state index in [4.69, 9.17) is 28.9 Å². The van der Waals surface area contributed by atoms with Crippen LogP contribution in [0.25, 0.3) is 0 Å². The van der Waals surface area contributed by atoms with Gasteiger partial charge in [-0.25, -0.2) is 0 Å². The van der Waals surface area contributed by atoms with Gasteiger partial charge in [-0.3, -0.25) is 0 Å². The maximum atomic E-state index is 10.0. The molecular formula is C14H14Cl2N2O. The summed E-state index contributed by atoms with van der Waals surface area (Å²) in [6, 6.07) is 12.6. The molecule has 2 aromatic rings. The summed E-state index contributed by atoms with van der Waals surface area (Å²) in [5, 5.41) is 14.0. The van der Waals surface area contributed by atoms with Crippen molar-refractivity contribution in [3.63, 3.8) is 0 Å². The van der Waals surface area contributed by atoms with Crippen molar-refractivity contribution in [1.29, 1.82) is 0 Å². The highest BCUT2D eigenvalue weighted by Crippen LogP contribution is 2.33. The van der Waals surface area contributed by atoms with E-state index in [0.29, 0.717) is 28.0 Å². The second-order valence-corrected chi connectivity index (χ2v) is 4.98. The van der Waals surface area contributed by atoms with Crippen LogP contribution in [0.1, 0.15) is 11.7 Å². The molecule has 3 nitrogen and oxygen atoms in total. The first-order chi connectivity index (χ1) is 9.08. The minimum atomic E-state index is -0.633. The molecular weight excluding hydrogens is 283 g/mol. The molecule has 0 saturated heterocycles. The van der Waals surface area contributed by atoms with Crippen molar-refractivity contribution < 1.29 is 5.11 Å². The third-order valence-electron chi connectivity index (χ3n) is 2.72. The molecule has 1 atom stereocenters. The zero-order chi connectivity index (χ0) is 13.8. The van der Waals surface area contributed by atoms with Gasteiger partial charge in [0, 0.05) is 12.2 Å². The number of nitrogens with one attached hydrogen (secondary N) is 1. The van der Waals surface area contributed by atoms with Gasteiger partial charge in [0.2, 0.25) is 0 Å². The Kier molecular flexibility index (Phi) is 4.53. The maximum Gasteiger partial charge on any atom is 0.0962 e. The second kappa shape index (κ2) is 6.15. The molecule has 1 unspecified atom stereocenters. The molecule has 0 spiro atoms. The smallest absolute Gasteiger partial charge is 0.0962 e. The molecule has 2 rings (SSSR count). The van der Waals surface area contributed by atoms with Crippen LogP contribution in [0.5, 0.6) is 0 Å². The minimum Gasteiger partial charge on any atom is -0.399 e. The highest BCUT2D eigenvalue weighted by Gasteiger charge is 2.11. The Morgan fingerprint density at radius 1 is 1.11 bits per heavy atom. The molecule has 0 radical (unpaired) electrons. The first kappa shape index (κ1) is 14.0. The largest absolute Gasteiger partial charge is 0.399 e. The van der Waals surface area contributed by atoms with Crippen molar-refractivity contribution in [2.24, 2.45) is 0 Å². The van der Waals surface area contributed by atoms with Crippen molar-refractivity contribution >= 4 is 34.6 Å². The van der Waals surface area contributed by atoms with Gasteiger partial charge in [0.05, 0.1) is 21.8 Å². The van der Waals surface area contributed by atoms with E-state index >= 15 is 0 Å². The molecule has 0 aromatic heterocycles. The quantitative estimate of drug-likeness (QED) is 0.754. The number of nitrogens with two attached hydrogens (primary N) is 1. The highest BCUT2D eigenvalue weighted by atomic mass is 35.5. The Labute approximate surface area is 122 Å². The van der Waals surface area contributed by atoms with Gasteiger partial charge in [0.25, 0.3) is 0 Å². The van der Waals surface area contributed by atoms with Gasteiger partial charge in [-0.15, -0.1) is 0 Å². The van der Waals surface area contributed by atoms with E-state index in [2.05, 4.69) is 5.32 Å². The number of rotatable bonds is 4. The van der Waals surface area contributed by atoms with Crippen LogP contribution in [0.3, 0.4) is 0 Å². The topological polar surface area (TPSA) is 58.3 Å². The van der Waals surface area contributed by atoms with Crippen molar-refractivity contribution in [2.75, 3.05) is 17.6 Å². The Balaban J connectivity index is 2.07. The fourth-order valence-electron chi connectivity index (χ4n) is 1.75. The summed E-state index contributed by atoms with van der Waals surface area (Å²) >= 11 is 12.1. The van der Waals surface area contributed by atoms with E-state index in [1.165, 1.54) is 0 Å². The van der Waals surface area contributed by atoms with Gasteiger partial charge in [-0.1, -0.05) is 53.5 Å². The predicted molar refractivity (Wildman–Crippen MR) is 80.8 cm³/mol. The van der Waals surface area contributed by atoms with Gasteiger partial charge in [0.1, 0.15) is 0 Å². The summed E-state index contributed by atoms with van der Waals surface area (Å²) in [4.78, 5) is 0. The lowest BCUT2D eigenvalue weighted by molar-refractivity contribution is 0.191. The highest BCUT2D eigenvalue weighted by molar-refractivity contribution is 6.39. The van der Waals surface area contributed by atoms with Gasteiger partial charge < -0.3 is 16.2 Å². The molecule has 0 bridgehead atoms. The fourth-order valence-corrected chi connectivity index (χ4v) is 2.39. The summed E-state index contributed by atoms with van der Waals surface area (Å²) < 4.78 is 0. The molecule has 0 aliphatic heterocycles. The van der Waals surface area contributed by atoms with Crippen LogP contribution in [0.2, 0.25) is 10.0 Å². The zero-order valence-corrected chi connectivity index (χ0v) is 11.6. The maximum absolute atomic E-state index is 10.0. The Morgan fingerprint density at radius 3 is 2.26 bits per heavy atom. The average Bonchev–Trinajstić information content (AvgIpc) is 2.38. The van der Waals surface area contributed by atoms with E-state index in [0.717, 1.165) is 5.56 Å². The summed E-state index contributed by atoms with van der Waals surface area (Å²) in [5.41, 5.74) is 7.54. The molecule has 0 aliphatic rings. The van der Waals surface area contributed by atoms with Crippen LogP contribution >= 0.6 is 23.2 Å². The average molecular weight is 297 g/mol. The van der Waals surface area contributed by atoms with E-state index in [-0.39, 0.29) is 0 Å². The third-order valence-corrected chi connectivity index (χ3v) is 3.32. The standard InChI is InChI=1S/C14H14Cl2N2O/c15-11-6-10(17)7-12(16)14(11)18-8-13(19)9-4-2-1-3-5-9/h1-7,13,18-19H,8,17H2. The summed E-state index contributed by atoms with van der Waals surface area (Å²) in [7, 11) is 0. The van der Waals surface area contributed by atoms with Crippen LogP contribution in [0, 0.1) is 0 Å². The van der Waals surface area contributed by atoms with Crippen LogP contribution in [-0.2, 0) is 0 Å². The number of hydrogen-bond acceptors (Lipinski definition) is 3. The number of benzene rings is 2. The minimum absolute atomic E-state index is 0.313. The van der Waals surface area contributed by atoms with Gasteiger partial charge in [0.15, 0.2) is 0 Å². The first-order valence-corrected chi connectivity index (χ1v) is 6.55. The fraction of sp³-hybridized carbons (Fsp3) is 0.143. The number of nitrogen functional groups attached to an aromatic ring is 1. The predicted octanol–water partition coefficient (Wildman–Crippen LogP) is 3.72. The van der Waals surface area contributed by atoms with Crippen molar-refractivity contribution in [3.8, 4) is 0 Å². The van der Waals surface area contributed by atoms with Gasteiger partial charge in [-0.05, 0) is 17.7 Å². The number of halogens is 2. The van der Waals surface area contributed by atoms with Gasteiger partial charge in [-0.2, -0.15) is 0 Å². The zero-order valence-electron chi connectivity index (χ0n) is 10.1. The molecule has 0 amide bonds. The van der Waals surface area contributed by atoms with Gasteiger partial charge >= 0.3 is 0 Å². The summed E-state index contributed by atoms with van der Waals surface area (Å²) in [6.45, 7) is 0.313. The Morgan fingerprint density at radius 2 is 1.68 bits per heavy atom. The Bertz CT molecular complexity index is 538. The molecule has 0 saturated carbocycles. The molecule has 2 aromatic carbocycles. The first-order valence-electron chi connectivity index (χ1n) is 5.79. The van der Waals surface area contributed by atoms with Crippen LogP contribution in [-0.4, -0.2) is 11.7 Å². The lowest BCUT2D eigenvalue weighted by Crippen LogP contribution is -2.12. The molecule has 0 heterocycles. The molecule has 100 valence electrons. The van der Waals surface area contributed by atoms with Crippen molar-refractivity contribution in [1.82, 2.24) is 0 Å². The van der Waals surface area contributed by atoms with E-state index in [9.17, 15) is 5.11 Å². The molecule has 0 aliphatic carbocycles. The lowest BCUT2D eigenvalue weighted by Gasteiger charge is -2.15. The third kappa shape index (κ3) is 3.53. The number of aliphatic hydroxyl groups is 1. The lowest BCUT2D eigenvalue weighted by atomic mass is 10.1. The number of aliphatic hydroxyl groups excluding tert-OH is 1. The number of hydrogen-bond donors (Lipinski definition) is 3. The summed E-state index contributed by atoms with van der Waals surface area (Å²) in [6.07, 6.45) is -0.633. The second-order valence-electron chi connectivity index (χ2n) is 4.17. The summed E-state index contributed by atoms with van der Waals surface area (Å²) in [5.74, 6) is 0. The molecule has 4 N–H and O–H groups in total. The molecule has 5 heteroatoms.